The van der Waals surface area contributed by atoms with Crippen molar-refractivity contribution in [2.45, 2.75) is 18.8 Å². The number of nitrogen functional groups attached to an aromatic ring is 1. The molecule has 5 rings (SSSR count). The number of nitrogens with one attached hydrogen (secondary N) is 1. The van der Waals surface area contributed by atoms with Gasteiger partial charge in [0.2, 0.25) is 0 Å². The number of hydrogen-bond donors (Lipinski definition) is 3. The summed E-state index contributed by atoms with van der Waals surface area (Å²) >= 11 is 0. The zero-order valence-electron chi connectivity index (χ0n) is 14.3. The molecular weight excluding hydrogens is 328 g/mol. The van der Waals surface area contributed by atoms with E-state index in [4.69, 9.17) is 5.73 Å². The summed E-state index contributed by atoms with van der Waals surface area (Å²) in [6.45, 7) is 2.28. The van der Waals surface area contributed by atoms with E-state index in [0.29, 0.717) is 34.1 Å². The molecule has 0 amide bonds. The maximum Gasteiger partial charge on any atom is 0.172 e. The van der Waals surface area contributed by atoms with Gasteiger partial charge in [-0.15, -0.1) is 10.2 Å². The van der Waals surface area contributed by atoms with Crippen LogP contribution >= 0.6 is 0 Å². The van der Waals surface area contributed by atoms with E-state index in [2.05, 4.69) is 20.6 Å². The van der Waals surface area contributed by atoms with E-state index in [1.807, 2.05) is 24.5 Å². The van der Waals surface area contributed by atoms with Crippen molar-refractivity contribution >= 4 is 5.82 Å². The van der Waals surface area contributed by atoms with E-state index in [1.165, 1.54) is 18.4 Å². The number of phenolic OH excluding ortho intramolecular Hbond substituents is 1. The van der Waals surface area contributed by atoms with Gasteiger partial charge in [-0.05, 0) is 47.9 Å². The fourth-order valence-corrected chi connectivity index (χ4v) is 4.06. The molecule has 1 aliphatic carbocycles. The predicted molar refractivity (Wildman–Crippen MR) is 97.9 cm³/mol. The van der Waals surface area contributed by atoms with E-state index < -0.39 is 0 Å². The molecule has 2 fully saturated rings. The number of aromatic hydroxyl groups is 1. The van der Waals surface area contributed by atoms with Crippen LogP contribution in [0.4, 0.5) is 5.82 Å². The first-order chi connectivity index (χ1) is 12.6. The summed E-state index contributed by atoms with van der Waals surface area (Å²) < 4.78 is 1.76. The quantitative estimate of drug-likeness (QED) is 0.670. The molecule has 0 unspecified atom stereocenters. The topological polar surface area (TPSA) is 102 Å². The van der Waals surface area contributed by atoms with Crippen LogP contribution in [-0.2, 0) is 0 Å². The number of benzene rings is 1. The zero-order chi connectivity index (χ0) is 17.7. The molecule has 1 saturated heterocycles. The molecule has 2 aliphatic rings. The van der Waals surface area contributed by atoms with Crippen molar-refractivity contribution in [1.82, 2.24) is 25.3 Å². The van der Waals surface area contributed by atoms with Crippen molar-refractivity contribution in [2.75, 3.05) is 18.8 Å². The second kappa shape index (κ2) is 5.54. The van der Waals surface area contributed by atoms with Crippen LogP contribution in [0.5, 0.6) is 5.75 Å². The summed E-state index contributed by atoms with van der Waals surface area (Å²) in [5.74, 6) is 1.04. The van der Waals surface area contributed by atoms with E-state index >= 15 is 0 Å². The highest BCUT2D eigenvalue weighted by Gasteiger charge is 2.48. The first-order valence-electron chi connectivity index (χ1n) is 8.81. The molecule has 7 nitrogen and oxygen atoms in total. The third-order valence-corrected chi connectivity index (χ3v) is 5.66. The van der Waals surface area contributed by atoms with Crippen LogP contribution in [0.15, 0.2) is 42.7 Å². The second-order valence-corrected chi connectivity index (χ2v) is 7.44. The third kappa shape index (κ3) is 2.35. The number of rotatable bonds is 3. The number of anilines is 1. The van der Waals surface area contributed by atoms with Crippen molar-refractivity contribution in [3.05, 3.63) is 48.3 Å². The van der Waals surface area contributed by atoms with Gasteiger partial charge < -0.3 is 16.2 Å². The number of para-hydroxylation sites is 1. The minimum atomic E-state index is 0.160. The molecule has 132 valence electrons. The second-order valence-electron chi connectivity index (χ2n) is 7.44. The Bertz CT molecular complexity index is 970. The molecule has 0 bridgehead atoms. The average molecular weight is 348 g/mol. The third-order valence-electron chi connectivity index (χ3n) is 5.66. The van der Waals surface area contributed by atoms with Gasteiger partial charge in [-0.1, -0.05) is 12.1 Å². The Morgan fingerprint density at radius 2 is 2.00 bits per heavy atom. The van der Waals surface area contributed by atoms with Gasteiger partial charge in [0.25, 0.3) is 0 Å². The lowest BCUT2D eigenvalue weighted by Crippen LogP contribution is -2.59. The molecule has 1 aliphatic heterocycles. The molecule has 0 radical (unpaired) electrons. The highest BCUT2D eigenvalue weighted by molar-refractivity contribution is 5.70. The van der Waals surface area contributed by atoms with Gasteiger partial charge >= 0.3 is 0 Å². The maximum absolute atomic E-state index is 10.1. The van der Waals surface area contributed by atoms with Gasteiger partial charge in [0.05, 0.1) is 11.9 Å². The Balaban J connectivity index is 1.45. The molecule has 4 N–H and O–H groups in total. The predicted octanol–water partition coefficient (Wildman–Crippen LogP) is 2.08. The zero-order valence-corrected chi connectivity index (χ0v) is 14.3. The van der Waals surface area contributed by atoms with Crippen molar-refractivity contribution in [3.63, 3.8) is 0 Å². The van der Waals surface area contributed by atoms with Crippen LogP contribution in [0.2, 0.25) is 0 Å². The monoisotopic (exact) mass is 348 g/mol. The van der Waals surface area contributed by atoms with Crippen molar-refractivity contribution < 1.29 is 5.11 Å². The number of hydrogen-bond acceptors (Lipinski definition) is 6. The van der Waals surface area contributed by atoms with Gasteiger partial charge in [-0.3, -0.25) is 0 Å². The molecule has 1 saturated carbocycles. The molecule has 2 aromatic heterocycles. The first-order valence-corrected chi connectivity index (χ1v) is 8.81. The minimum Gasteiger partial charge on any atom is -0.507 e. The number of nitrogens with zero attached hydrogens (tertiary/aromatic N) is 4. The maximum atomic E-state index is 10.1. The molecule has 3 aromatic rings. The summed E-state index contributed by atoms with van der Waals surface area (Å²) in [4.78, 5) is 0. The summed E-state index contributed by atoms with van der Waals surface area (Å²) in [5.41, 5.74) is 9.66. The summed E-state index contributed by atoms with van der Waals surface area (Å²) in [6.07, 6.45) is 6.40. The van der Waals surface area contributed by atoms with Gasteiger partial charge in [0, 0.05) is 24.8 Å². The fourth-order valence-electron chi connectivity index (χ4n) is 4.06. The van der Waals surface area contributed by atoms with E-state index in [-0.39, 0.29) is 5.75 Å². The average Bonchev–Trinajstić information content (AvgIpc) is 3.03. The number of nitrogens with two attached hydrogens (primary N) is 1. The molecule has 7 heteroatoms. The summed E-state index contributed by atoms with van der Waals surface area (Å²) in [5, 5.41) is 26.1. The Morgan fingerprint density at radius 3 is 2.73 bits per heavy atom. The highest BCUT2D eigenvalue weighted by Crippen LogP contribution is 2.53. The van der Waals surface area contributed by atoms with Crippen LogP contribution < -0.4 is 11.1 Å². The molecule has 0 atom stereocenters. The minimum absolute atomic E-state index is 0.160. The molecule has 26 heavy (non-hydrogen) atoms. The lowest BCUT2D eigenvalue weighted by atomic mass is 9.57. The first kappa shape index (κ1) is 15.3. The van der Waals surface area contributed by atoms with Gasteiger partial charge in [-0.25, -0.2) is 4.68 Å². The van der Waals surface area contributed by atoms with E-state index in [1.54, 1.807) is 22.9 Å². The Morgan fingerprint density at radius 1 is 1.19 bits per heavy atom. The Hall–Kier alpha value is -2.93. The van der Waals surface area contributed by atoms with E-state index in [0.717, 1.165) is 13.1 Å². The number of phenols is 1. The highest BCUT2D eigenvalue weighted by atomic mass is 16.3. The fraction of sp³-hybridized carbons (Fsp3) is 0.316. The van der Waals surface area contributed by atoms with Crippen LogP contribution in [0.25, 0.3) is 16.9 Å². The van der Waals surface area contributed by atoms with Crippen molar-refractivity contribution in [3.8, 4) is 22.7 Å². The van der Waals surface area contributed by atoms with Crippen LogP contribution in [0, 0.1) is 5.41 Å². The lowest BCUT2D eigenvalue weighted by molar-refractivity contribution is 0.0363. The van der Waals surface area contributed by atoms with Gasteiger partial charge in [0.1, 0.15) is 11.4 Å². The smallest absolute Gasteiger partial charge is 0.172 e. The lowest BCUT2D eigenvalue weighted by Gasteiger charge is -2.54. The largest absolute Gasteiger partial charge is 0.507 e. The van der Waals surface area contributed by atoms with Crippen LogP contribution in [0.1, 0.15) is 24.3 Å². The summed E-state index contributed by atoms with van der Waals surface area (Å²) in [7, 11) is 0. The van der Waals surface area contributed by atoms with Crippen LogP contribution in [0.3, 0.4) is 0 Å². The molecular formula is C19H20N6O. The Labute approximate surface area is 150 Å². The normalized spacial score (nSPS) is 18.5. The van der Waals surface area contributed by atoms with Crippen LogP contribution in [-0.4, -0.2) is 38.2 Å². The molecule has 1 aromatic carbocycles. The van der Waals surface area contributed by atoms with Gasteiger partial charge in [-0.2, -0.15) is 5.10 Å². The standard InChI is InChI=1S/C19H20N6O/c20-18-16(5-15(23-24-18)14-3-1-2-4-17(14)26)25-9-13(8-22-25)12-6-19(7-12)10-21-11-19/h1-5,8-9,12,21,26H,6-7,10-11H2,(H2,20,24). The number of aromatic nitrogens is 4. The van der Waals surface area contributed by atoms with Crippen molar-refractivity contribution in [2.24, 2.45) is 5.41 Å². The van der Waals surface area contributed by atoms with Gasteiger partial charge in [0.15, 0.2) is 5.82 Å². The molecule has 3 heterocycles. The SMILES string of the molecule is Nc1nnc(-c2ccccc2O)cc1-n1cc(C2CC3(CNC3)C2)cn1. The molecule has 1 spiro atoms. The Kier molecular flexibility index (Phi) is 3.27. The van der Waals surface area contributed by atoms with Crippen molar-refractivity contribution in [1.29, 1.82) is 0 Å². The summed E-state index contributed by atoms with van der Waals surface area (Å²) in [6, 6.07) is 8.86. The van der Waals surface area contributed by atoms with E-state index in [9.17, 15) is 5.11 Å².